The molecule has 3 rings (SSSR count). The van der Waals surface area contributed by atoms with Crippen LogP contribution in [0.3, 0.4) is 0 Å². The van der Waals surface area contributed by atoms with Crippen LogP contribution in [-0.4, -0.2) is 48.4 Å². The van der Waals surface area contributed by atoms with Crippen molar-refractivity contribution in [3.63, 3.8) is 0 Å². The Morgan fingerprint density at radius 3 is 2.26 bits per heavy atom. The Morgan fingerprint density at radius 2 is 1.55 bits per heavy atom. The molecule has 31 heavy (non-hydrogen) atoms. The Balaban J connectivity index is 1.31. The van der Waals surface area contributed by atoms with Gasteiger partial charge in [-0.05, 0) is 42.6 Å². The first-order valence-corrected chi connectivity index (χ1v) is 11.2. The van der Waals surface area contributed by atoms with Crippen LogP contribution in [0.4, 0.5) is 4.79 Å². The van der Waals surface area contributed by atoms with E-state index in [4.69, 9.17) is 0 Å². The third kappa shape index (κ3) is 8.06. The molecule has 1 aliphatic rings. The highest BCUT2D eigenvalue weighted by molar-refractivity contribution is 5.78. The predicted octanol–water partition coefficient (Wildman–Crippen LogP) is 3.52. The summed E-state index contributed by atoms with van der Waals surface area (Å²) in [6.45, 7) is 4.74. The molecule has 1 aliphatic heterocycles. The number of likely N-dealkylation sites (tertiary alicyclic amines) is 1. The quantitative estimate of drug-likeness (QED) is 0.650. The van der Waals surface area contributed by atoms with E-state index in [9.17, 15) is 9.59 Å². The maximum absolute atomic E-state index is 12.2. The highest BCUT2D eigenvalue weighted by Crippen LogP contribution is 2.13. The van der Waals surface area contributed by atoms with Crippen molar-refractivity contribution in [3.8, 4) is 0 Å². The minimum atomic E-state index is -0.180. The Bertz CT molecular complexity index is 817. The van der Waals surface area contributed by atoms with Crippen LogP contribution >= 0.6 is 0 Å². The van der Waals surface area contributed by atoms with Crippen molar-refractivity contribution >= 4 is 11.9 Å². The van der Waals surface area contributed by atoms with E-state index in [0.717, 1.165) is 17.7 Å². The van der Waals surface area contributed by atoms with Gasteiger partial charge in [0.25, 0.3) is 0 Å². The number of amides is 3. The van der Waals surface area contributed by atoms with Gasteiger partial charge in [-0.25, -0.2) is 4.79 Å². The highest BCUT2D eigenvalue weighted by Gasteiger charge is 2.11. The van der Waals surface area contributed by atoms with Crippen LogP contribution in [0.1, 0.15) is 42.4 Å². The summed E-state index contributed by atoms with van der Waals surface area (Å²) in [4.78, 5) is 28.4. The zero-order valence-corrected chi connectivity index (χ0v) is 18.5. The molecule has 1 heterocycles. The van der Waals surface area contributed by atoms with Gasteiger partial charge in [0.15, 0.2) is 0 Å². The molecule has 2 aromatic carbocycles. The smallest absolute Gasteiger partial charge is 0.317 e. The summed E-state index contributed by atoms with van der Waals surface area (Å²) in [5.41, 5.74) is 3.47. The van der Waals surface area contributed by atoms with Crippen molar-refractivity contribution in [1.29, 1.82) is 0 Å². The van der Waals surface area contributed by atoms with Gasteiger partial charge in [-0.1, -0.05) is 61.0 Å². The molecule has 2 aromatic rings. The summed E-state index contributed by atoms with van der Waals surface area (Å²) in [5.74, 6) is -0.0663. The fourth-order valence-electron chi connectivity index (χ4n) is 3.77. The number of carbonyl (C=O) groups excluding carboxylic acids is 2. The summed E-state index contributed by atoms with van der Waals surface area (Å²) in [6, 6.07) is 18.1. The average Bonchev–Trinajstić information content (AvgIpc) is 2.80. The van der Waals surface area contributed by atoms with Crippen molar-refractivity contribution < 1.29 is 9.59 Å². The monoisotopic (exact) mass is 422 g/mol. The topological polar surface area (TPSA) is 64.7 Å². The molecule has 3 amide bonds. The van der Waals surface area contributed by atoms with Crippen molar-refractivity contribution in [3.05, 3.63) is 71.3 Å². The van der Waals surface area contributed by atoms with E-state index in [0.29, 0.717) is 19.6 Å². The fraction of sp³-hybridized carbons (Fsp3) is 0.440. The maximum atomic E-state index is 12.2. The summed E-state index contributed by atoms with van der Waals surface area (Å²) >= 11 is 0. The largest absolute Gasteiger partial charge is 0.352 e. The van der Waals surface area contributed by atoms with Gasteiger partial charge in [0.1, 0.15) is 0 Å². The van der Waals surface area contributed by atoms with E-state index in [1.54, 1.807) is 11.9 Å². The molecular weight excluding hydrogens is 388 g/mol. The number of hydrogen-bond donors (Lipinski definition) is 2. The molecule has 0 saturated carbocycles. The van der Waals surface area contributed by atoms with Crippen molar-refractivity contribution in [2.45, 2.75) is 45.3 Å². The number of nitrogens with zero attached hydrogens (tertiary/aromatic N) is 2. The van der Waals surface area contributed by atoms with E-state index >= 15 is 0 Å². The number of nitrogens with one attached hydrogen (secondary N) is 2. The highest BCUT2D eigenvalue weighted by atomic mass is 16.2. The third-order valence-electron chi connectivity index (χ3n) is 5.61. The Morgan fingerprint density at radius 1 is 0.871 bits per heavy atom. The molecule has 6 nitrogen and oxygen atoms in total. The molecule has 0 unspecified atom stereocenters. The molecule has 166 valence electrons. The van der Waals surface area contributed by atoms with Gasteiger partial charge >= 0.3 is 6.03 Å². The van der Waals surface area contributed by atoms with Gasteiger partial charge in [0.2, 0.25) is 5.91 Å². The maximum Gasteiger partial charge on any atom is 0.317 e. The number of rotatable bonds is 9. The first-order chi connectivity index (χ1) is 15.1. The minimum Gasteiger partial charge on any atom is -0.352 e. The zero-order valence-electron chi connectivity index (χ0n) is 18.5. The summed E-state index contributed by atoms with van der Waals surface area (Å²) in [7, 11) is 1.75. The van der Waals surface area contributed by atoms with Gasteiger partial charge in [-0.2, -0.15) is 0 Å². The number of piperidine rings is 1. The molecule has 0 radical (unpaired) electrons. The van der Waals surface area contributed by atoms with Gasteiger partial charge in [-0.3, -0.25) is 9.69 Å². The van der Waals surface area contributed by atoms with Crippen molar-refractivity contribution in [1.82, 2.24) is 20.4 Å². The second kappa shape index (κ2) is 12.1. The van der Waals surface area contributed by atoms with Gasteiger partial charge in [0.05, 0.1) is 0 Å². The number of hydrogen-bond acceptors (Lipinski definition) is 3. The second-order valence-corrected chi connectivity index (χ2v) is 8.25. The standard InChI is InChI=1S/C25H34N4O2/c1-28(19-22-8-4-2-5-9-22)25(31)26-15-14-24(30)27-18-21-10-12-23(13-11-21)20-29-16-6-3-7-17-29/h2,4-5,8-13H,3,6-7,14-20H2,1H3,(H,26,31)(H,27,30). The summed E-state index contributed by atoms with van der Waals surface area (Å²) < 4.78 is 0. The van der Waals surface area contributed by atoms with Crippen LogP contribution in [0.15, 0.2) is 54.6 Å². The van der Waals surface area contributed by atoms with Crippen LogP contribution < -0.4 is 10.6 Å². The minimum absolute atomic E-state index is 0.0663. The number of carbonyl (C=O) groups is 2. The van der Waals surface area contributed by atoms with Crippen LogP contribution in [0, 0.1) is 0 Å². The first-order valence-electron chi connectivity index (χ1n) is 11.2. The van der Waals surface area contributed by atoms with Crippen LogP contribution in [0.2, 0.25) is 0 Å². The summed E-state index contributed by atoms with van der Waals surface area (Å²) in [6.07, 6.45) is 4.21. The molecule has 0 atom stereocenters. The van der Waals surface area contributed by atoms with E-state index in [1.807, 2.05) is 30.3 Å². The van der Waals surface area contributed by atoms with E-state index < -0.39 is 0 Å². The van der Waals surface area contributed by atoms with Crippen LogP contribution in [-0.2, 0) is 24.4 Å². The lowest BCUT2D eigenvalue weighted by molar-refractivity contribution is -0.121. The van der Waals surface area contributed by atoms with Crippen molar-refractivity contribution in [2.75, 3.05) is 26.7 Å². The average molecular weight is 423 g/mol. The molecule has 0 spiro atoms. The van der Waals surface area contributed by atoms with Gasteiger partial charge in [-0.15, -0.1) is 0 Å². The zero-order chi connectivity index (χ0) is 21.9. The molecule has 6 heteroatoms. The van der Waals surface area contributed by atoms with Gasteiger partial charge in [0, 0.05) is 39.6 Å². The lowest BCUT2D eigenvalue weighted by Crippen LogP contribution is -2.38. The number of benzene rings is 2. The third-order valence-corrected chi connectivity index (χ3v) is 5.61. The van der Waals surface area contributed by atoms with Gasteiger partial charge < -0.3 is 15.5 Å². The molecule has 2 N–H and O–H groups in total. The Kier molecular flexibility index (Phi) is 8.91. The second-order valence-electron chi connectivity index (χ2n) is 8.25. The Hall–Kier alpha value is -2.86. The molecule has 0 aliphatic carbocycles. The van der Waals surface area contributed by atoms with Crippen LogP contribution in [0.5, 0.6) is 0 Å². The molecular formula is C25H34N4O2. The fourth-order valence-corrected chi connectivity index (χ4v) is 3.77. The van der Waals surface area contributed by atoms with E-state index in [-0.39, 0.29) is 18.4 Å². The van der Waals surface area contributed by atoms with E-state index in [2.05, 4.69) is 39.8 Å². The Labute approximate surface area is 185 Å². The van der Waals surface area contributed by atoms with Crippen LogP contribution in [0.25, 0.3) is 0 Å². The lowest BCUT2D eigenvalue weighted by Gasteiger charge is -2.26. The molecule has 0 bridgehead atoms. The summed E-state index contributed by atoms with van der Waals surface area (Å²) in [5, 5.41) is 5.73. The molecule has 1 fully saturated rings. The van der Waals surface area contributed by atoms with Crippen molar-refractivity contribution in [2.24, 2.45) is 0 Å². The number of urea groups is 1. The SMILES string of the molecule is CN(Cc1ccccc1)C(=O)NCCC(=O)NCc1ccc(CN2CCCCC2)cc1. The predicted molar refractivity (Wildman–Crippen MR) is 123 cm³/mol. The lowest BCUT2D eigenvalue weighted by atomic mass is 10.1. The normalized spacial score (nSPS) is 14.1. The van der Waals surface area contributed by atoms with E-state index in [1.165, 1.54) is 37.9 Å². The first kappa shape index (κ1) is 22.8. The molecule has 0 aromatic heterocycles. The molecule has 1 saturated heterocycles.